The van der Waals surface area contributed by atoms with Gasteiger partial charge in [-0.3, -0.25) is 4.90 Å². The van der Waals surface area contributed by atoms with Crippen LogP contribution in [-0.4, -0.2) is 52.2 Å². The van der Waals surface area contributed by atoms with Crippen LogP contribution < -0.4 is 0 Å². The van der Waals surface area contributed by atoms with Gasteiger partial charge >= 0.3 is 0 Å². The van der Waals surface area contributed by atoms with Crippen LogP contribution in [0.15, 0.2) is 30.3 Å². The van der Waals surface area contributed by atoms with Crippen molar-refractivity contribution >= 4 is 9.84 Å². The highest BCUT2D eigenvalue weighted by molar-refractivity contribution is 7.91. The summed E-state index contributed by atoms with van der Waals surface area (Å²) in [5.41, 5.74) is 1.02. The molecule has 24 heavy (non-hydrogen) atoms. The summed E-state index contributed by atoms with van der Waals surface area (Å²) in [7, 11) is -2.90. The molecular weight excluding hydrogens is 324 g/mol. The van der Waals surface area contributed by atoms with Crippen LogP contribution in [0.25, 0.3) is 11.4 Å². The van der Waals surface area contributed by atoms with Gasteiger partial charge in [-0.2, -0.15) is 5.10 Å². The van der Waals surface area contributed by atoms with Crippen LogP contribution >= 0.6 is 0 Å². The molecule has 0 unspecified atom stereocenters. The number of aryl methyl sites for hydroxylation is 1. The fourth-order valence-electron chi connectivity index (χ4n) is 3.25. The lowest BCUT2D eigenvalue weighted by Crippen LogP contribution is -2.38. The molecule has 130 valence electrons. The van der Waals surface area contributed by atoms with Crippen molar-refractivity contribution in [3.8, 4) is 11.4 Å². The van der Waals surface area contributed by atoms with Crippen molar-refractivity contribution in [2.45, 2.75) is 39.4 Å². The Balaban J connectivity index is 1.86. The van der Waals surface area contributed by atoms with E-state index in [1.807, 2.05) is 41.9 Å². The van der Waals surface area contributed by atoms with E-state index in [4.69, 9.17) is 0 Å². The monoisotopic (exact) mass is 348 g/mol. The molecule has 0 aliphatic carbocycles. The molecule has 1 atom stereocenters. The second-order valence-corrected chi connectivity index (χ2v) is 8.59. The van der Waals surface area contributed by atoms with Crippen LogP contribution in [0.4, 0.5) is 0 Å². The predicted molar refractivity (Wildman–Crippen MR) is 94.3 cm³/mol. The van der Waals surface area contributed by atoms with Crippen molar-refractivity contribution < 1.29 is 8.42 Å². The zero-order valence-electron chi connectivity index (χ0n) is 14.2. The maximum Gasteiger partial charge on any atom is 0.159 e. The van der Waals surface area contributed by atoms with Gasteiger partial charge in [-0.25, -0.2) is 18.1 Å². The van der Waals surface area contributed by atoms with Crippen molar-refractivity contribution in [3.05, 3.63) is 36.2 Å². The third-order valence-corrected chi connectivity index (χ3v) is 6.11. The van der Waals surface area contributed by atoms with Crippen LogP contribution in [0.5, 0.6) is 0 Å². The Kier molecular flexibility index (Phi) is 5.01. The lowest BCUT2D eigenvalue weighted by molar-refractivity contribution is 0.157. The van der Waals surface area contributed by atoms with Gasteiger partial charge in [-0.1, -0.05) is 37.3 Å². The number of hydrogen-bond acceptors (Lipinski definition) is 5. The second-order valence-electron chi connectivity index (χ2n) is 6.36. The first-order valence-electron chi connectivity index (χ1n) is 8.40. The van der Waals surface area contributed by atoms with Gasteiger partial charge in [0.25, 0.3) is 0 Å². The average molecular weight is 348 g/mol. The Bertz CT molecular complexity index is 786. The number of sulfone groups is 1. The molecule has 1 aromatic heterocycles. The van der Waals surface area contributed by atoms with Gasteiger partial charge in [-0.15, -0.1) is 0 Å². The average Bonchev–Trinajstić information content (AvgIpc) is 3.10. The van der Waals surface area contributed by atoms with E-state index in [9.17, 15) is 8.42 Å². The fourth-order valence-corrected chi connectivity index (χ4v) is 5.01. The van der Waals surface area contributed by atoms with E-state index in [1.54, 1.807) is 0 Å². The Morgan fingerprint density at radius 2 is 2.04 bits per heavy atom. The van der Waals surface area contributed by atoms with Gasteiger partial charge < -0.3 is 0 Å². The summed E-state index contributed by atoms with van der Waals surface area (Å²) in [6, 6.07) is 10.1. The maximum atomic E-state index is 11.8. The summed E-state index contributed by atoms with van der Waals surface area (Å²) in [5.74, 6) is 2.10. The fraction of sp³-hybridized carbons (Fsp3) is 0.529. The number of benzene rings is 1. The summed E-state index contributed by atoms with van der Waals surface area (Å²) in [4.78, 5) is 6.78. The van der Waals surface area contributed by atoms with E-state index in [0.29, 0.717) is 18.8 Å². The summed E-state index contributed by atoms with van der Waals surface area (Å²) < 4.78 is 25.6. The van der Waals surface area contributed by atoms with Crippen LogP contribution in [0, 0.1) is 6.92 Å². The predicted octanol–water partition coefficient (Wildman–Crippen LogP) is 2.11. The van der Waals surface area contributed by atoms with Gasteiger partial charge in [0, 0.05) is 11.6 Å². The van der Waals surface area contributed by atoms with Crippen molar-refractivity contribution in [2.75, 3.05) is 18.1 Å². The molecule has 1 aromatic carbocycles. The van der Waals surface area contributed by atoms with Crippen molar-refractivity contribution in [1.29, 1.82) is 0 Å². The molecule has 3 rings (SSSR count). The first-order chi connectivity index (χ1) is 11.5. The maximum absolute atomic E-state index is 11.8. The van der Waals surface area contributed by atoms with E-state index in [1.165, 1.54) is 0 Å². The highest BCUT2D eigenvalue weighted by atomic mass is 32.2. The summed E-state index contributed by atoms with van der Waals surface area (Å²) in [6.45, 7) is 5.42. The highest BCUT2D eigenvalue weighted by Gasteiger charge is 2.32. The molecule has 0 amide bonds. The largest absolute Gasteiger partial charge is 0.280 e. The zero-order valence-corrected chi connectivity index (χ0v) is 15.0. The number of nitrogens with zero attached hydrogens (tertiary/aromatic N) is 4. The molecular formula is C17H24N4O2S. The topological polar surface area (TPSA) is 68.1 Å². The molecule has 0 bridgehead atoms. The first kappa shape index (κ1) is 17.1. The van der Waals surface area contributed by atoms with E-state index in [2.05, 4.69) is 21.9 Å². The lowest BCUT2D eigenvalue weighted by Gasteiger charge is -2.27. The Morgan fingerprint density at radius 1 is 1.29 bits per heavy atom. The van der Waals surface area contributed by atoms with Crippen LogP contribution in [0.1, 0.15) is 25.6 Å². The molecule has 1 aliphatic heterocycles. The molecule has 2 heterocycles. The SMILES string of the molecule is CCCN(Cn1nc(C)nc1-c1ccccc1)[C@H]1CCS(=O)(=O)C1. The smallest absolute Gasteiger partial charge is 0.159 e. The molecule has 0 spiro atoms. The van der Waals surface area contributed by atoms with Gasteiger partial charge in [0.1, 0.15) is 5.82 Å². The van der Waals surface area contributed by atoms with Crippen LogP contribution in [0.3, 0.4) is 0 Å². The quantitative estimate of drug-likeness (QED) is 0.800. The Morgan fingerprint density at radius 3 is 2.67 bits per heavy atom. The van der Waals surface area contributed by atoms with Gasteiger partial charge in [-0.05, 0) is 26.3 Å². The molecule has 2 aromatic rings. The Labute approximate surface area is 143 Å². The molecule has 0 radical (unpaired) electrons. The minimum absolute atomic E-state index is 0.0723. The summed E-state index contributed by atoms with van der Waals surface area (Å²) >= 11 is 0. The van der Waals surface area contributed by atoms with Gasteiger partial charge in [0.2, 0.25) is 0 Å². The van der Waals surface area contributed by atoms with Crippen LogP contribution in [0.2, 0.25) is 0 Å². The molecule has 0 N–H and O–H groups in total. The Hall–Kier alpha value is -1.73. The van der Waals surface area contributed by atoms with E-state index in [-0.39, 0.29) is 11.8 Å². The highest BCUT2D eigenvalue weighted by Crippen LogP contribution is 2.21. The van der Waals surface area contributed by atoms with Crippen LogP contribution in [-0.2, 0) is 16.5 Å². The standard InChI is InChI=1S/C17H24N4O2S/c1-3-10-20(16-9-11-24(22,23)12-16)13-21-17(18-14(2)19-21)15-7-5-4-6-8-15/h4-8,16H,3,9-13H2,1-2H3/t16-/m0/s1. The zero-order chi connectivity index (χ0) is 17.2. The minimum atomic E-state index is -2.90. The number of aromatic nitrogens is 3. The normalized spacial score (nSPS) is 19.9. The molecule has 1 saturated heterocycles. The van der Waals surface area contributed by atoms with Crippen molar-refractivity contribution in [2.24, 2.45) is 0 Å². The minimum Gasteiger partial charge on any atom is -0.280 e. The number of rotatable bonds is 6. The second kappa shape index (κ2) is 7.03. The third-order valence-electron chi connectivity index (χ3n) is 4.36. The van der Waals surface area contributed by atoms with E-state index in [0.717, 1.165) is 30.2 Å². The van der Waals surface area contributed by atoms with Gasteiger partial charge in [0.05, 0.1) is 18.2 Å². The molecule has 7 heteroatoms. The molecule has 1 aliphatic rings. The van der Waals surface area contributed by atoms with E-state index < -0.39 is 9.84 Å². The van der Waals surface area contributed by atoms with Crippen molar-refractivity contribution in [3.63, 3.8) is 0 Å². The molecule has 0 saturated carbocycles. The molecule has 1 fully saturated rings. The van der Waals surface area contributed by atoms with Gasteiger partial charge in [0.15, 0.2) is 15.7 Å². The lowest BCUT2D eigenvalue weighted by atomic mass is 10.2. The molecule has 6 nitrogen and oxygen atoms in total. The summed E-state index contributed by atoms with van der Waals surface area (Å²) in [6.07, 6.45) is 1.68. The summed E-state index contributed by atoms with van der Waals surface area (Å²) in [5, 5.41) is 4.53. The number of hydrogen-bond donors (Lipinski definition) is 0. The first-order valence-corrected chi connectivity index (χ1v) is 10.2. The van der Waals surface area contributed by atoms with Crippen molar-refractivity contribution in [1.82, 2.24) is 19.7 Å². The third kappa shape index (κ3) is 3.84. The van der Waals surface area contributed by atoms with E-state index >= 15 is 0 Å².